The predicted molar refractivity (Wildman–Crippen MR) is 254 cm³/mol. The van der Waals surface area contributed by atoms with Gasteiger partial charge in [-0.1, -0.05) is 48.5 Å². The van der Waals surface area contributed by atoms with Crippen molar-refractivity contribution in [1.82, 2.24) is 20.0 Å². The Morgan fingerprint density at radius 2 is 1.00 bits per heavy atom. The minimum Gasteiger partial charge on any atom is -0.444 e. The third-order valence-electron chi connectivity index (χ3n) is 11.7. The van der Waals surface area contributed by atoms with Gasteiger partial charge in [0.2, 0.25) is 19.7 Å². The maximum atomic E-state index is 13.0. The Labute approximate surface area is 391 Å². The molecule has 0 spiro atoms. The molecule has 4 aromatic carbocycles. The van der Waals surface area contributed by atoms with Crippen molar-refractivity contribution >= 4 is 43.5 Å². The van der Waals surface area contributed by atoms with Gasteiger partial charge < -0.3 is 24.6 Å². The number of hydrogen-bond acceptors (Lipinski definition) is 10. The lowest BCUT2D eigenvalue weighted by molar-refractivity contribution is 0.00920. The van der Waals surface area contributed by atoms with Crippen LogP contribution in [0, 0.1) is 0 Å². The van der Waals surface area contributed by atoms with Crippen LogP contribution in [0.15, 0.2) is 117 Å². The van der Waals surface area contributed by atoms with E-state index < -0.39 is 25.3 Å². The third kappa shape index (κ3) is 13.3. The zero-order valence-electron chi connectivity index (χ0n) is 38.6. The van der Waals surface area contributed by atoms with Crippen molar-refractivity contribution in [3.8, 4) is 0 Å². The first kappa shape index (κ1) is 50.0. The molecule has 2 heterocycles. The number of fused-ring (bicyclic) bond motifs is 2. The first-order valence-electron chi connectivity index (χ1n) is 22.6. The Kier molecular flexibility index (Phi) is 16.5. The second kappa shape index (κ2) is 21.4. The summed E-state index contributed by atoms with van der Waals surface area (Å²) in [7, 11) is -6.95. The predicted octanol–water partition coefficient (Wildman–Crippen LogP) is 9.41. The average molecular weight is 950 g/mol. The Morgan fingerprint density at radius 3 is 1.48 bits per heavy atom. The molecule has 352 valence electrons. The van der Waals surface area contributed by atoms with Crippen LogP contribution in [0.5, 0.6) is 0 Å². The zero-order valence-corrected chi connectivity index (χ0v) is 41.0. The summed E-state index contributed by atoms with van der Waals surface area (Å²) in [5.74, 6) is 0. The van der Waals surface area contributed by atoms with E-state index in [0.29, 0.717) is 32.7 Å². The topological polar surface area (TPSA) is 143 Å². The highest BCUT2D eigenvalue weighted by molar-refractivity contribution is 7.91. The van der Waals surface area contributed by atoms with Crippen molar-refractivity contribution in [3.63, 3.8) is 0 Å². The molecular formula is C50H65ClN4O8S2. The number of hydrogen-bond donors (Lipinski definition) is 1. The molecule has 2 atom stereocenters. The van der Waals surface area contributed by atoms with Gasteiger partial charge in [-0.2, -0.15) is 0 Å². The van der Waals surface area contributed by atoms with E-state index >= 15 is 0 Å². The Morgan fingerprint density at radius 1 is 0.569 bits per heavy atom. The number of carbonyl (C=O) groups is 2. The molecule has 0 aromatic heterocycles. The normalized spacial score (nSPS) is 19.2. The molecule has 15 heteroatoms. The number of sulfone groups is 2. The summed E-state index contributed by atoms with van der Waals surface area (Å²) >= 11 is 6.28. The van der Waals surface area contributed by atoms with Gasteiger partial charge in [0.1, 0.15) is 11.2 Å². The van der Waals surface area contributed by atoms with E-state index in [0.717, 1.165) is 94.5 Å². The maximum Gasteiger partial charge on any atom is 0.410 e. The molecule has 2 fully saturated rings. The number of benzene rings is 4. The van der Waals surface area contributed by atoms with Crippen LogP contribution in [0.4, 0.5) is 9.59 Å². The molecule has 2 aliphatic carbocycles. The number of amides is 2. The van der Waals surface area contributed by atoms with Gasteiger partial charge in [-0.15, -0.1) is 11.6 Å². The number of ether oxygens (including phenoxy) is 2. The van der Waals surface area contributed by atoms with Crippen LogP contribution >= 0.6 is 11.6 Å². The number of halogens is 1. The van der Waals surface area contributed by atoms with Crippen LogP contribution in [-0.4, -0.2) is 107 Å². The lowest BCUT2D eigenvalue weighted by atomic mass is 9.86. The second-order valence-electron chi connectivity index (χ2n) is 18.8. The fraction of sp³-hybridized carbons (Fsp3) is 0.480. The highest BCUT2D eigenvalue weighted by Gasteiger charge is 2.33. The fourth-order valence-corrected chi connectivity index (χ4v) is 11.4. The van der Waals surface area contributed by atoms with Gasteiger partial charge in [-0.3, -0.25) is 4.90 Å². The van der Waals surface area contributed by atoms with Crippen LogP contribution in [0.1, 0.15) is 101 Å². The van der Waals surface area contributed by atoms with Crippen molar-refractivity contribution in [2.45, 2.75) is 122 Å². The van der Waals surface area contributed by atoms with E-state index in [-0.39, 0.29) is 29.2 Å². The quantitative estimate of drug-likeness (QED) is 0.192. The Bertz CT molecular complexity index is 2460. The van der Waals surface area contributed by atoms with Crippen molar-refractivity contribution < 1.29 is 35.9 Å². The Hall–Kier alpha value is -4.47. The lowest BCUT2D eigenvalue weighted by Gasteiger charge is -2.41. The molecule has 1 N–H and O–H groups in total. The summed E-state index contributed by atoms with van der Waals surface area (Å²) in [4.78, 5) is 31.2. The second-order valence-corrected chi connectivity index (χ2v) is 23.3. The zero-order chi connectivity index (χ0) is 47.0. The summed E-state index contributed by atoms with van der Waals surface area (Å²) in [6.07, 6.45) is 5.38. The average Bonchev–Trinajstić information content (AvgIpc) is 3.29. The lowest BCUT2D eigenvalue weighted by Crippen LogP contribution is -2.51. The van der Waals surface area contributed by atoms with Crippen molar-refractivity contribution in [2.75, 3.05) is 52.4 Å². The SMILES string of the molecule is CC(C)(C)OC(=O)N1CCN(C2CCCc3cc(S(=O)(=O)c4ccccc4)ccc32)CC1.CC(C)(C)OC(=O)N1CCNCC1.O=S(=O)(c1ccccc1)c1ccc2c(c1)CCCC2Cl. The number of carbonyl (C=O) groups excluding carboxylic acids is 2. The van der Waals surface area contributed by atoms with Gasteiger partial charge in [0, 0.05) is 58.4 Å². The maximum absolute atomic E-state index is 13.0. The first-order chi connectivity index (χ1) is 30.7. The largest absolute Gasteiger partial charge is 0.444 e. The van der Waals surface area contributed by atoms with Gasteiger partial charge in [-0.05, 0) is 151 Å². The number of alkyl halides is 1. The first-order valence-corrected chi connectivity index (χ1v) is 26.0. The molecule has 2 amide bonds. The minimum absolute atomic E-state index is 0.00669. The summed E-state index contributed by atoms with van der Waals surface area (Å²) in [5.41, 5.74) is 3.59. The minimum atomic E-state index is -3.52. The number of nitrogens with one attached hydrogen (secondary N) is 1. The molecule has 4 aromatic rings. The van der Waals surface area contributed by atoms with Gasteiger partial charge in [0.25, 0.3) is 0 Å². The third-order valence-corrected chi connectivity index (χ3v) is 15.6. The number of aryl methyl sites for hydroxylation is 2. The van der Waals surface area contributed by atoms with Crippen LogP contribution in [0.3, 0.4) is 0 Å². The summed E-state index contributed by atoms with van der Waals surface area (Å²) < 4.78 is 62.0. The van der Waals surface area contributed by atoms with E-state index in [4.69, 9.17) is 21.1 Å². The van der Waals surface area contributed by atoms with Crippen molar-refractivity contribution in [3.05, 3.63) is 119 Å². The number of rotatable bonds is 5. The molecule has 4 aliphatic rings. The molecule has 0 saturated carbocycles. The monoisotopic (exact) mass is 948 g/mol. The van der Waals surface area contributed by atoms with Gasteiger partial charge in [-0.25, -0.2) is 26.4 Å². The molecule has 0 radical (unpaired) electrons. The van der Waals surface area contributed by atoms with E-state index in [1.165, 1.54) is 5.56 Å². The molecule has 2 aliphatic heterocycles. The van der Waals surface area contributed by atoms with Crippen LogP contribution < -0.4 is 5.32 Å². The van der Waals surface area contributed by atoms with E-state index in [9.17, 15) is 26.4 Å². The van der Waals surface area contributed by atoms with Gasteiger partial charge in [0.15, 0.2) is 0 Å². The molecule has 2 saturated heterocycles. The summed E-state index contributed by atoms with van der Waals surface area (Å²) in [6, 6.07) is 28.3. The standard InChI is InChI=1S/C25H32N2O4S.C16H15ClO2S.C9H18N2O2/c1-25(2,3)31-24(28)27-16-14-26(15-17-27)23-11-7-8-19-18-21(12-13-22(19)23)32(29,30)20-9-5-4-6-10-20;17-16-8-4-5-12-11-14(9-10-15(12)16)20(18,19)13-6-2-1-3-7-13;1-9(2,3)13-8(12)11-6-4-10-5-7-11/h4-6,9-10,12-13,18,23H,7-8,11,14-17H2,1-3H3;1-3,6-7,9-11,16H,4-5,8H2;10H,4-7H2,1-3H3. The highest BCUT2D eigenvalue weighted by atomic mass is 35.5. The molecule has 0 bridgehead atoms. The van der Waals surface area contributed by atoms with E-state index in [1.807, 2.05) is 71.9 Å². The summed E-state index contributed by atoms with van der Waals surface area (Å²) in [5, 5.41) is 3.19. The van der Waals surface area contributed by atoms with Crippen LogP contribution in [-0.2, 0) is 42.0 Å². The van der Waals surface area contributed by atoms with Crippen molar-refractivity contribution in [1.29, 1.82) is 0 Å². The van der Waals surface area contributed by atoms with E-state index in [1.54, 1.807) is 76.5 Å². The molecule has 65 heavy (non-hydrogen) atoms. The van der Waals surface area contributed by atoms with Crippen LogP contribution in [0.2, 0.25) is 0 Å². The smallest absolute Gasteiger partial charge is 0.410 e. The molecule has 2 unspecified atom stereocenters. The van der Waals surface area contributed by atoms with Crippen molar-refractivity contribution in [2.24, 2.45) is 0 Å². The Balaban J connectivity index is 0.000000180. The number of piperazine rings is 2. The van der Waals surface area contributed by atoms with Gasteiger partial charge >= 0.3 is 12.2 Å². The van der Waals surface area contributed by atoms with E-state index in [2.05, 4.69) is 10.2 Å². The molecular weight excluding hydrogens is 884 g/mol. The van der Waals surface area contributed by atoms with Crippen LogP contribution in [0.25, 0.3) is 0 Å². The van der Waals surface area contributed by atoms with Gasteiger partial charge in [0.05, 0.1) is 25.0 Å². The summed E-state index contributed by atoms with van der Waals surface area (Å²) in [6.45, 7) is 17.4. The molecule has 8 rings (SSSR count). The molecule has 12 nitrogen and oxygen atoms in total. The highest BCUT2D eigenvalue weighted by Crippen LogP contribution is 2.38. The fourth-order valence-electron chi connectivity index (χ4n) is 8.40. The number of nitrogens with zero attached hydrogens (tertiary/aromatic N) is 3.